The quantitative estimate of drug-likeness (QED) is 0.720. The molecule has 0 amide bonds. The Balaban J connectivity index is 2.23. The minimum Gasteiger partial charge on any atom is -0.380 e. The molecule has 0 spiro atoms. The molecule has 3 heteroatoms. The van der Waals surface area contributed by atoms with Crippen LogP contribution in [0.15, 0.2) is 28.7 Å². The van der Waals surface area contributed by atoms with E-state index >= 15 is 0 Å². The Labute approximate surface area is 134 Å². The maximum Gasteiger partial charge on any atom is 0.0502 e. The largest absolute Gasteiger partial charge is 0.380 e. The van der Waals surface area contributed by atoms with Gasteiger partial charge in [0.1, 0.15) is 0 Å². The first kappa shape index (κ1) is 15.4. The second-order valence-corrected chi connectivity index (χ2v) is 6.57. The molecule has 2 aromatic carbocycles. The highest BCUT2D eigenvalue weighted by molar-refractivity contribution is 9.10. The van der Waals surface area contributed by atoms with Gasteiger partial charge in [-0.2, -0.15) is 0 Å². The van der Waals surface area contributed by atoms with Crippen molar-refractivity contribution in [3.8, 4) is 0 Å². The number of nitrogens with one attached hydrogen (secondary N) is 1. The highest BCUT2D eigenvalue weighted by Crippen LogP contribution is 2.30. The Hall–Kier alpha value is -0.990. The van der Waals surface area contributed by atoms with Gasteiger partial charge in [-0.15, -0.1) is 0 Å². The van der Waals surface area contributed by atoms with Crippen LogP contribution >= 0.6 is 27.5 Å². The molecule has 1 N–H and O–H groups in total. The van der Waals surface area contributed by atoms with E-state index in [0.29, 0.717) is 0 Å². The first-order chi connectivity index (χ1) is 9.38. The Kier molecular flexibility index (Phi) is 4.77. The monoisotopic (exact) mass is 351 g/mol. The third-order valence-electron chi connectivity index (χ3n) is 3.54. The molecule has 0 atom stereocenters. The molecule has 2 aromatic rings. The van der Waals surface area contributed by atoms with Gasteiger partial charge in [-0.3, -0.25) is 0 Å². The standard InChI is InChI=1S/C17H19BrClN/c1-10-5-11(2)14(12(3)6-10)9-20-17-8-16(19)13(4)7-15(17)18/h5-8,20H,9H2,1-4H3. The van der Waals surface area contributed by atoms with Gasteiger partial charge in [-0.1, -0.05) is 29.3 Å². The van der Waals surface area contributed by atoms with Gasteiger partial charge in [0.25, 0.3) is 0 Å². The van der Waals surface area contributed by atoms with E-state index in [1.807, 2.05) is 19.1 Å². The highest BCUT2D eigenvalue weighted by atomic mass is 79.9. The molecule has 0 saturated carbocycles. The smallest absolute Gasteiger partial charge is 0.0502 e. The topological polar surface area (TPSA) is 12.0 Å². The van der Waals surface area contributed by atoms with Crippen molar-refractivity contribution in [3.63, 3.8) is 0 Å². The molecule has 0 heterocycles. The van der Waals surface area contributed by atoms with Crippen LogP contribution in [0.2, 0.25) is 5.02 Å². The fourth-order valence-electron chi connectivity index (χ4n) is 2.45. The summed E-state index contributed by atoms with van der Waals surface area (Å²) in [7, 11) is 0. The maximum atomic E-state index is 6.19. The highest BCUT2D eigenvalue weighted by Gasteiger charge is 2.07. The summed E-state index contributed by atoms with van der Waals surface area (Å²) >= 11 is 9.77. The molecule has 0 unspecified atom stereocenters. The molecule has 0 saturated heterocycles. The second kappa shape index (κ2) is 6.19. The average Bonchev–Trinajstić information content (AvgIpc) is 2.33. The lowest BCUT2D eigenvalue weighted by molar-refractivity contribution is 1.08. The van der Waals surface area contributed by atoms with Crippen molar-refractivity contribution in [1.82, 2.24) is 0 Å². The summed E-state index contributed by atoms with van der Waals surface area (Å²) in [6.45, 7) is 9.26. The van der Waals surface area contributed by atoms with Gasteiger partial charge < -0.3 is 5.32 Å². The molecular weight excluding hydrogens is 334 g/mol. The van der Waals surface area contributed by atoms with E-state index in [1.54, 1.807) is 0 Å². The van der Waals surface area contributed by atoms with E-state index in [9.17, 15) is 0 Å². The van der Waals surface area contributed by atoms with Gasteiger partial charge in [0.2, 0.25) is 0 Å². The lowest BCUT2D eigenvalue weighted by Gasteiger charge is -2.15. The number of anilines is 1. The summed E-state index contributed by atoms with van der Waals surface area (Å²) < 4.78 is 1.04. The predicted octanol–water partition coefficient (Wildman–Crippen LogP) is 5.95. The fraction of sp³-hybridized carbons (Fsp3) is 0.294. The summed E-state index contributed by atoms with van der Waals surface area (Å²) in [5.41, 5.74) is 7.41. The molecular formula is C17H19BrClN. The van der Waals surface area contributed by atoms with E-state index in [2.05, 4.69) is 54.2 Å². The Morgan fingerprint density at radius 3 is 2.15 bits per heavy atom. The van der Waals surface area contributed by atoms with Crippen LogP contribution in [-0.4, -0.2) is 0 Å². The number of rotatable bonds is 3. The Morgan fingerprint density at radius 1 is 0.950 bits per heavy atom. The second-order valence-electron chi connectivity index (χ2n) is 5.31. The van der Waals surface area contributed by atoms with Gasteiger partial charge in [0, 0.05) is 16.0 Å². The number of aryl methyl sites for hydroxylation is 4. The van der Waals surface area contributed by atoms with Crippen LogP contribution in [0.5, 0.6) is 0 Å². The van der Waals surface area contributed by atoms with E-state index in [-0.39, 0.29) is 0 Å². The van der Waals surface area contributed by atoms with Gasteiger partial charge in [-0.05, 0) is 78.0 Å². The Morgan fingerprint density at radius 2 is 1.55 bits per heavy atom. The molecule has 0 fully saturated rings. The van der Waals surface area contributed by atoms with Crippen molar-refractivity contribution in [3.05, 3.63) is 61.6 Å². The van der Waals surface area contributed by atoms with Gasteiger partial charge in [0.15, 0.2) is 0 Å². The van der Waals surface area contributed by atoms with Gasteiger partial charge in [-0.25, -0.2) is 0 Å². The normalized spacial score (nSPS) is 10.7. The van der Waals surface area contributed by atoms with Crippen molar-refractivity contribution in [2.75, 3.05) is 5.32 Å². The van der Waals surface area contributed by atoms with Crippen LogP contribution in [-0.2, 0) is 6.54 Å². The van der Waals surface area contributed by atoms with E-state index in [0.717, 1.165) is 27.3 Å². The molecule has 0 aliphatic rings. The van der Waals surface area contributed by atoms with Crippen LogP contribution in [0.1, 0.15) is 27.8 Å². The van der Waals surface area contributed by atoms with Crippen molar-refractivity contribution < 1.29 is 0 Å². The van der Waals surface area contributed by atoms with Crippen LogP contribution in [0, 0.1) is 27.7 Å². The molecule has 0 aromatic heterocycles. The Bertz CT molecular complexity index is 627. The number of hydrogen-bond acceptors (Lipinski definition) is 1. The molecule has 0 aliphatic heterocycles. The summed E-state index contributed by atoms with van der Waals surface area (Å²) in [6, 6.07) is 8.46. The molecule has 20 heavy (non-hydrogen) atoms. The number of benzene rings is 2. The van der Waals surface area contributed by atoms with Gasteiger partial charge in [0.05, 0.1) is 5.69 Å². The summed E-state index contributed by atoms with van der Waals surface area (Å²) in [6.07, 6.45) is 0. The van der Waals surface area contributed by atoms with Crippen LogP contribution in [0.4, 0.5) is 5.69 Å². The lowest BCUT2D eigenvalue weighted by atomic mass is 10.00. The third kappa shape index (κ3) is 3.36. The molecule has 0 aliphatic carbocycles. The lowest BCUT2D eigenvalue weighted by Crippen LogP contribution is -2.04. The van der Waals surface area contributed by atoms with Crippen molar-refractivity contribution in [1.29, 1.82) is 0 Å². The first-order valence-electron chi connectivity index (χ1n) is 6.64. The van der Waals surface area contributed by atoms with Crippen LogP contribution in [0.3, 0.4) is 0 Å². The summed E-state index contributed by atoms with van der Waals surface area (Å²) in [4.78, 5) is 0. The van der Waals surface area contributed by atoms with E-state index < -0.39 is 0 Å². The van der Waals surface area contributed by atoms with Crippen LogP contribution in [0.25, 0.3) is 0 Å². The molecule has 0 bridgehead atoms. The minimum absolute atomic E-state index is 0.785. The average molecular weight is 353 g/mol. The molecule has 2 rings (SSSR count). The van der Waals surface area contributed by atoms with Crippen molar-refractivity contribution in [2.45, 2.75) is 34.2 Å². The SMILES string of the molecule is Cc1cc(C)c(CNc2cc(Cl)c(C)cc2Br)c(C)c1. The minimum atomic E-state index is 0.785. The van der Waals surface area contributed by atoms with E-state index in [4.69, 9.17) is 11.6 Å². The zero-order valence-corrected chi connectivity index (χ0v) is 14.6. The fourth-order valence-corrected chi connectivity index (χ4v) is 3.22. The van der Waals surface area contributed by atoms with Crippen LogP contribution < -0.4 is 5.32 Å². The third-order valence-corrected chi connectivity index (χ3v) is 4.61. The zero-order chi connectivity index (χ0) is 14.9. The molecule has 0 radical (unpaired) electrons. The summed E-state index contributed by atoms with van der Waals surface area (Å²) in [5.74, 6) is 0. The number of halogens is 2. The zero-order valence-electron chi connectivity index (χ0n) is 12.3. The number of hydrogen-bond donors (Lipinski definition) is 1. The predicted molar refractivity (Wildman–Crippen MR) is 91.9 cm³/mol. The van der Waals surface area contributed by atoms with Crippen molar-refractivity contribution in [2.24, 2.45) is 0 Å². The van der Waals surface area contributed by atoms with Gasteiger partial charge >= 0.3 is 0 Å². The molecule has 106 valence electrons. The molecule has 1 nitrogen and oxygen atoms in total. The maximum absolute atomic E-state index is 6.19. The first-order valence-corrected chi connectivity index (χ1v) is 7.82. The van der Waals surface area contributed by atoms with Crippen molar-refractivity contribution >= 4 is 33.2 Å². The summed E-state index contributed by atoms with van der Waals surface area (Å²) in [5, 5.41) is 4.25. The van der Waals surface area contributed by atoms with E-state index in [1.165, 1.54) is 22.3 Å².